The molecule has 0 aliphatic rings. The zero-order chi connectivity index (χ0) is 15.1. The van der Waals surface area contributed by atoms with Gasteiger partial charge in [0.2, 0.25) is 0 Å². The van der Waals surface area contributed by atoms with Crippen molar-refractivity contribution in [2.75, 3.05) is 18.5 Å². The molecule has 0 unspecified atom stereocenters. The van der Waals surface area contributed by atoms with Crippen molar-refractivity contribution in [3.05, 3.63) is 59.3 Å². The minimum atomic E-state index is 0.880. The highest BCUT2D eigenvalue weighted by molar-refractivity contribution is 5.43. The van der Waals surface area contributed by atoms with E-state index in [1.165, 1.54) is 11.1 Å². The van der Waals surface area contributed by atoms with Crippen molar-refractivity contribution in [1.29, 1.82) is 0 Å². The van der Waals surface area contributed by atoms with E-state index in [-0.39, 0.29) is 0 Å². The van der Waals surface area contributed by atoms with Gasteiger partial charge in [0.25, 0.3) is 0 Å². The van der Waals surface area contributed by atoms with Crippen LogP contribution in [-0.4, -0.2) is 18.6 Å². The van der Waals surface area contributed by atoms with E-state index in [1.807, 2.05) is 7.05 Å². The minimum absolute atomic E-state index is 0.880. The summed E-state index contributed by atoms with van der Waals surface area (Å²) in [7, 11) is 1.98. The van der Waals surface area contributed by atoms with Gasteiger partial charge in [-0.3, -0.25) is 0 Å². The normalized spacial score (nSPS) is 10.6. The molecule has 0 atom stereocenters. The van der Waals surface area contributed by atoms with Crippen LogP contribution in [0, 0.1) is 0 Å². The third kappa shape index (κ3) is 4.30. The molecule has 1 N–H and O–H groups in total. The molecule has 3 nitrogen and oxygen atoms in total. The van der Waals surface area contributed by atoms with Gasteiger partial charge in [0.15, 0.2) is 0 Å². The maximum absolute atomic E-state index is 4.80. The molecule has 1 aromatic carbocycles. The number of nitrogens with one attached hydrogen (secondary N) is 1. The number of aromatic nitrogens is 1. The maximum Gasteiger partial charge on any atom is 0.129 e. The van der Waals surface area contributed by atoms with Crippen molar-refractivity contribution in [3.8, 4) is 0 Å². The largest absolute Gasteiger partial charge is 0.353 e. The summed E-state index contributed by atoms with van der Waals surface area (Å²) in [6, 6.07) is 15.0. The zero-order valence-corrected chi connectivity index (χ0v) is 13.3. The standard InChI is InChI=1S/C18H25N3/c1-4-17-11-16(13-19-3)12-18(20-17)21(5-2)14-15-9-7-6-8-10-15/h6-12,19H,4-5,13-14H2,1-3H3. The van der Waals surface area contributed by atoms with Crippen LogP contribution in [0.4, 0.5) is 5.82 Å². The van der Waals surface area contributed by atoms with E-state index in [9.17, 15) is 0 Å². The van der Waals surface area contributed by atoms with Crippen molar-refractivity contribution in [1.82, 2.24) is 10.3 Å². The van der Waals surface area contributed by atoms with Gasteiger partial charge in [0, 0.05) is 25.3 Å². The molecule has 1 heterocycles. The number of benzene rings is 1. The van der Waals surface area contributed by atoms with Crippen molar-refractivity contribution < 1.29 is 0 Å². The predicted molar refractivity (Wildman–Crippen MR) is 89.5 cm³/mol. The molecular formula is C18H25N3. The van der Waals surface area contributed by atoms with Crippen LogP contribution in [-0.2, 0) is 19.5 Å². The van der Waals surface area contributed by atoms with E-state index < -0.39 is 0 Å². The Hall–Kier alpha value is -1.87. The molecule has 3 heteroatoms. The van der Waals surface area contributed by atoms with Crippen LogP contribution in [0.25, 0.3) is 0 Å². The number of aryl methyl sites for hydroxylation is 1. The lowest BCUT2D eigenvalue weighted by atomic mass is 10.1. The topological polar surface area (TPSA) is 28.2 Å². The number of rotatable bonds is 7. The Morgan fingerprint density at radius 3 is 2.43 bits per heavy atom. The molecular weight excluding hydrogens is 258 g/mol. The molecule has 0 saturated heterocycles. The molecule has 0 amide bonds. The van der Waals surface area contributed by atoms with Crippen LogP contribution in [0.5, 0.6) is 0 Å². The van der Waals surface area contributed by atoms with Gasteiger partial charge >= 0.3 is 0 Å². The van der Waals surface area contributed by atoms with Gasteiger partial charge in [-0.2, -0.15) is 0 Å². The quantitative estimate of drug-likeness (QED) is 0.844. The average molecular weight is 283 g/mol. The van der Waals surface area contributed by atoms with Crippen molar-refractivity contribution in [3.63, 3.8) is 0 Å². The average Bonchev–Trinajstić information content (AvgIpc) is 2.53. The van der Waals surface area contributed by atoms with Gasteiger partial charge in [-0.05, 0) is 43.7 Å². The number of pyridine rings is 1. The summed E-state index contributed by atoms with van der Waals surface area (Å²) >= 11 is 0. The van der Waals surface area contributed by atoms with Crippen LogP contribution in [0.15, 0.2) is 42.5 Å². The Balaban J connectivity index is 2.26. The lowest BCUT2D eigenvalue weighted by Crippen LogP contribution is -2.24. The molecule has 0 saturated carbocycles. The third-order valence-corrected chi connectivity index (χ3v) is 3.59. The third-order valence-electron chi connectivity index (χ3n) is 3.59. The van der Waals surface area contributed by atoms with E-state index >= 15 is 0 Å². The fourth-order valence-corrected chi connectivity index (χ4v) is 2.44. The molecule has 0 radical (unpaired) electrons. The minimum Gasteiger partial charge on any atom is -0.353 e. The van der Waals surface area contributed by atoms with Crippen LogP contribution >= 0.6 is 0 Å². The second kappa shape index (κ2) is 7.79. The highest BCUT2D eigenvalue weighted by Crippen LogP contribution is 2.18. The first-order chi connectivity index (χ1) is 10.3. The lowest BCUT2D eigenvalue weighted by Gasteiger charge is -2.23. The molecule has 0 fully saturated rings. The summed E-state index contributed by atoms with van der Waals surface area (Å²) in [5.41, 5.74) is 3.77. The van der Waals surface area contributed by atoms with Gasteiger partial charge < -0.3 is 10.2 Å². The molecule has 0 aliphatic carbocycles. The smallest absolute Gasteiger partial charge is 0.129 e. The number of hydrogen-bond donors (Lipinski definition) is 1. The number of nitrogens with zero attached hydrogens (tertiary/aromatic N) is 2. The van der Waals surface area contributed by atoms with Crippen molar-refractivity contribution in [2.24, 2.45) is 0 Å². The van der Waals surface area contributed by atoms with E-state index in [1.54, 1.807) is 0 Å². The Labute approximate surface area is 128 Å². The molecule has 1 aromatic heterocycles. The van der Waals surface area contributed by atoms with Gasteiger partial charge in [-0.15, -0.1) is 0 Å². The summed E-state index contributed by atoms with van der Waals surface area (Å²) in [5, 5.41) is 3.22. The van der Waals surface area contributed by atoms with Crippen LogP contribution in [0.1, 0.15) is 30.7 Å². The fraction of sp³-hybridized carbons (Fsp3) is 0.389. The predicted octanol–water partition coefficient (Wildman–Crippen LogP) is 3.39. The summed E-state index contributed by atoms with van der Waals surface area (Å²) < 4.78 is 0. The first kappa shape index (κ1) is 15.5. The Bertz CT molecular complexity index is 552. The van der Waals surface area contributed by atoms with Gasteiger partial charge in [0.05, 0.1) is 0 Å². The summed E-state index contributed by atoms with van der Waals surface area (Å²) in [6.45, 7) is 7.07. The highest BCUT2D eigenvalue weighted by Gasteiger charge is 2.09. The second-order valence-corrected chi connectivity index (χ2v) is 5.21. The van der Waals surface area contributed by atoms with Crippen molar-refractivity contribution in [2.45, 2.75) is 33.4 Å². The molecule has 2 rings (SSSR count). The van der Waals surface area contributed by atoms with Crippen LogP contribution in [0.2, 0.25) is 0 Å². The highest BCUT2D eigenvalue weighted by atomic mass is 15.2. The Morgan fingerprint density at radius 1 is 1.05 bits per heavy atom. The monoisotopic (exact) mass is 283 g/mol. The zero-order valence-electron chi connectivity index (χ0n) is 13.3. The van der Waals surface area contributed by atoms with Gasteiger partial charge in [-0.1, -0.05) is 37.3 Å². The Kier molecular flexibility index (Phi) is 5.76. The van der Waals surface area contributed by atoms with Gasteiger partial charge in [0.1, 0.15) is 5.82 Å². The van der Waals surface area contributed by atoms with Crippen molar-refractivity contribution >= 4 is 5.82 Å². The number of hydrogen-bond acceptors (Lipinski definition) is 3. The molecule has 2 aromatic rings. The summed E-state index contributed by atoms with van der Waals surface area (Å²) in [6.07, 6.45) is 0.966. The first-order valence-electron chi connectivity index (χ1n) is 7.70. The maximum atomic E-state index is 4.80. The fourth-order valence-electron chi connectivity index (χ4n) is 2.44. The van der Waals surface area contributed by atoms with E-state index in [4.69, 9.17) is 4.98 Å². The lowest BCUT2D eigenvalue weighted by molar-refractivity contribution is 0.786. The van der Waals surface area contributed by atoms with E-state index in [2.05, 4.69) is 66.5 Å². The molecule has 21 heavy (non-hydrogen) atoms. The SMILES string of the molecule is CCc1cc(CNC)cc(N(CC)Cc2ccccc2)n1. The van der Waals surface area contributed by atoms with Gasteiger partial charge in [-0.25, -0.2) is 4.98 Å². The van der Waals surface area contributed by atoms with E-state index in [0.29, 0.717) is 0 Å². The molecule has 112 valence electrons. The molecule has 0 bridgehead atoms. The summed E-state index contributed by atoms with van der Waals surface area (Å²) in [5.74, 6) is 1.07. The van der Waals surface area contributed by atoms with Crippen LogP contribution < -0.4 is 10.2 Å². The molecule has 0 aliphatic heterocycles. The number of anilines is 1. The second-order valence-electron chi connectivity index (χ2n) is 5.21. The molecule has 0 spiro atoms. The van der Waals surface area contributed by atoms with Crippen LogP contribution in [0.3, 0.4) is 0 Å². The summed E-state index contributed by atoms with van der Waals surface area (Å²) in [4.78, 5) is 7.13. The Morgan fingerprint density at radius 2 is 1.81 bits per heavy atom. The van der Waals surface area contributed by atoms with E-state index in [0.717, 1.165) is 37.6 Å². The first-order valence-corrected chi connectivity index (χ1v) is 7.70.